The lowest BCUT2D eigenvalue weighted by atomic mass is 10.1. The van der Waals surface area contributed by atoms with Crippen LogP contribution in [-0.4, -0.2) is 13.5 Å². The molecule has 7 heteroatoms. The van der Waals surface area contributed by atoms with Crippen LogP contribution < -0.4 is 9.47 Å². The van der Waals surface area contributed by atoms with Gasteiger partial charge in [0.2, 0.25) is 0 Å². The van der Waals surface area contributed by atoms with Crippen molar-refractivity contribution in [2.75, 3.05) is 7.11 Å². The molecule has 0 bridgehead atoms. The van der Waals surface area contributed by atoms with E-state index in [1.165, 1.54) is 23.5 Å². The average molecular weight is 403 g/mol. The lowest BCUT2D eigenvalue weighted by molar-refractivity contribution is -0.274. The van der Waals surface area contributed by atoms with Gasteiger partial charge in [-0.2, -0.15) is 0 Å². The Kier molecular flexibility index (Phi) is 4.25. The molecule has 0 unspecified atom stereocenters. The minimum Gasteiger partial charge on any atom is -0.497 e. The van der Waals surface area contributed by atoms with Crippen LogP contribution in [0.5, 0.6) is 11.5 Å². The molecule has 0 fully saturated rings. The molecule has 0 amide bonds. The highest BCUT2D eigenvalue weighted by Crippen LogP contribution is 2.43. The van der Waals surface area contributed by atoms with Crippen molar-refractivity contribution in [2.24, 2.45) is 0 Å². The average Bonchev–Trinajstić information content (AvgIpc) is 2.83. The van der Waals surface area contributed by atoms with Gasteiger partial charge in [-0.05, 0) is 64.0 Å². The number of fused-ring (bicyclic) bond motifs is 1. The summed E-state index contributed by atoms with van der Waals surface area (Å²) in [5, 5.41) is 1.03. The summed E-state index contributed by atoms with van der Waals surface area (Å²) in [4.78, 5) is 0.937. The van der Waals surface area contributed by atoms with Crippen LogP contribution in [0.3, 0.4) is 0 Å². The fourth-order valence-corrected chi connectivity index (χ4v) is 4.24. The molecular formula is C16H10BrF3O2S. The van der Waals surface area contributed by atoms with E-state index in [9.17, 15) is 13.2 Å². The molecule has 0 aliphatic rings. The Bertz CT molecular complexity index is 841. The molecule has 120 valence electrons. The molecule has 0 aliphatic heterocycles. The summed E-state index contributed by atoms with van der Waals surface area (Å²) in [6.45, 7) is 0. The number of benzene rings is 2. The largest absolute Gasteiger partial charge is 0.573 e. The number of ether oxygens (including phenoxy) is 2. The van der Waals surface area contributed by atoms with Crippen molar-refractivity contribution in [3.05, 3.63) is 46.9 Å². The molecule has 0 radical (unpaired) electrons. The summed E-state index contributed by atoms with van der Waals surface area (Å²) < 4.78 is 47.6. The van der Waals surface area contributed by atoms with E-state index in [1.807, 2.05) is 18.2 Å². The first-order valence-corrected chi connectivity index (χ1v) is 8.10. The summed E-state index contributed by atoms with van der Waals surface area (Å²) >= 11 is 5.10. The summed E-state index contributed by atoms with van der Waals surface area (Å²) in [6, 6.07) is 11.6. The molecule has 1 heterocycles. The van der Waals surface area contributed by atoms with Crippen molar-refractivity contribution in [1.82, 2.24) is 0 Å². The Morgan fingerprint density at radius 2 is 1.65 bits per heavy atom. The van der Waals surface area contributed by atoms with Crippen LogP contribution in [0.25, 0.3) is 20.5 Å². The number of hydrogen-bond donors (Lipinski definition) is 0. The third kappa shape index (κ3) is 3.45. The molecule has 23 heavy (non-hydrogen) atoms. The van der Waals surface area contributed by atoms with Gasteiger partial charge in [0.15, 0.2) is 0 Å². The molecule has 1 aromatic heterocycles. The first-order valence-electron chi connectivity index (χ1n) is 6.49. The van der Waals surface area contributed by atoms with Gasteiger partial charge in [-0.25, -0.2) is 0 Å². The van der Waals surface area contributed by atoms with Gasteiger partial charge < -0.3 is 9.47 Å². The van der Waals surface area contributed by atoms with E-state index in [1.54, 1.807) is 19.2 Å². The van der Waals surface area contributed by atoms with Crippen molar-refractivity contribution in [3.8, 4) is 21.9 Å². The van der Waals surface area contributed by atoms with E-state index in [0.29, 0.717) is 0 Å². The predicted octanol–water partition coefficient (Wildman–Crippen LogP) is 6.24. The van der Waals surface area contributed by atoms with Crippen molar-refractivity contribution in [2.45, 2.75) is 6.36 Å². The van der Waals surface area contributed by atoms with Gasteiger partial charge >= 0.3 is 6.36 Å². The van der Waals surface area contributed by atoms with Gasteiger partial charge in [-0.1, -0.05) is 0 Å². The molecule has 3 rings (SSSR count). The zero-order valence-electron chi connectivity index (χ0n) is 11.8. The van der Waals surface area contributed by atoms with Crippen LogP contribution in [-0.2, 0) is 0 Å². The van der Waals surface area contributed by atoms with Gasteiger partial charge in [0, 0.05) is 19.4 Å². The lowest BCUT2D eigenvalue weighted by Crippen LogP contribution is -2.16. The highest BCUT2D eigenvalue weighted by Gasteiger charge is 2.31. The number of halogens is 4. The van der Waals surface area contributed by atoms with Crippen LogP contribution in [0.2, 0.25) is 0 Å². The predicted molar refractivity (Wildman–Crippen MR) is 88.2 cm³/mol. The van der Waals surface area contributed by atoms with E-state index in [-0.39, 0.29) is 5.75 Å². The first-order chi connectivity index (χ1) is 10.9. The topological polar surface area (TPSA) is 18.5 Å². The molecule has 2 aromatic carbocycles. The molecule has 0 saturated heterocycles. The van der Waals surface area contributed by atoms with Gasteiger partial charge in [0.25, 0.3) is 0 Å². The van der Waals surface area contributed by atoms with Crippen molar-refractivity contribution in [1.29, 1.82) is 0 Å². The molecule has 0 saturated carbocycles. The fraction of sp³-hybridized carbons (Fsp3) is 0.125. The number of rotatable bonds is 3. The minimum atomic E-state index is -4.68. The standard InChI is InChI=1S/C16H10BrF3O2S/c1-21-11-6-7-12-13(8-11)23-15(14(12)17)9-2-4-10(5-3-9)22-16(18,19)20/h2-8H,1H3. The zero-order valence-corrected chi connectivity index (χ0v) is 14.2. The van der Waals surface area contributed by atoms with Gasteiger partial charge in [0.05, 0.1) is 7.11 Å². The van der Waals surface area contributed by atoms with E-state index in [4.69, 9.17) is 4.74 Å². The number of methoxy groups -OCH3 is 1. The van der Waals surface area contributed by atoms with Crippen molar-refractivity contribution in [3.63, 3.8) is 0 Å². The van der Waals surface area contributed by atoms with E-state index < -0.39 is 6.36 Å². The molecule has 2 nitrogen and oxygen atoms in total. The molecule has 0 spiro atoms. The van der Waals surface area contributed by atoms with Crippen LogP contribution in [0.15, 0.2) is 46.9 Å². The maximum Gasteiger partial charge on any atom is 0.573 e. The quantitative estimate of drug-likeness (QED) is 0.516. The number of thiophene rings is 1. The first kappa shape index (κ1) is 16.1. The summed E-state index contributed by atoms with van der Waals surface area (Å²) in [5.74, 6) is 0.520. The van der Waals surface area contributed by atoms with E-state index in [0.717, 1.165) is 30.7 Å². The lowest BCUT2D eigenvalue weighted by Gasteiger charge is -2.09. The molecule has 3 aromatic rings. The van der Waals surface area contributed by atoms with Gasteiger partial charge in [-0.3, -0.25) is 0 Å². The van der Waals surface area contributed by atoms with Crippen LogP contribution >= 0.6 is 27.3 Å². The second kappa shape index (κ2) is 6.05. The molecule has 0 N–H and O–H groups in total. The third-order valence-corrected chi connectivity index (χ3v) is 5.47. The van der Waals surface area contributed by atoms with E-state index >= 15 is 0 Å². The van der Waals surface area contributed by atoms with Crippen LogP contribution in [0, 0.1) is 0 Å². The molecule has 0 aliphatic carbocycles. The maximum absolute atomic E-state index is 12.2. The monoisotopic (exact) mass is 402 g/mol. The SMILES string of the molecule is COc1ccc2c(Br)c(-c3ccc(OC(F)(F)F)cc3)sc2c1. The molecular weight excluding hydrogens is 393 g/mol. The Balaban J connectivity index is 1.98. The van der Waals surface area contributed by atoms with Crippen LogP contribution in [0.4, 0.5) is 13.2 Å². The van der Waals surface area contributed by atoms with E-state index in [2.05, 4.69) is 20.7 Å². The van der Waals surface area contributed by atoms with Crippen molar-refractivity contribution >= 4 is 37.4 Å². The zero-order chi connectivity index (χ0) is 16.6. The highest BCUT2D eigenvalue weighted by molar-refractivity contribution is 9.10. The molecule has 0 atom stereocenters. The Labute approximate surface area is 142 Å². The Hall–Kier alpha value is -1.73. The fourth-order valence-electron chi connectivity index (χ4n) is 2.17. The van der Waals surface area contributed by atoms with Gasteiger partial charge in [0.1, 0.15) is 11.5 Å². The minimum absolute atomic E-state index is 0.236. The second-order valence-corrected chi connectivity index (χ2v) is 6.52. The summed E-state index contributed by atoms with van der Waals surface area (Å²) in [5.41, 5.74) is 0.812. The summed E-state index contributed by atoms with van der Waals surface area (Å²) in [6.07, 6.45) is -4.68. The maximum atomic E-state index is 12.2. The normalized spacial score (nSPS) is 11.7. The Morgan fingerprint density at radius 3 is 2.26 bits per heavy atom. The third-order valence-electron chi connectivity index (χ3n) is 3.19. The highest BCUT2D eigenvalue weighted by atomic mass is 79.9. The summed E-state index contributed by atoms with van der Waals surface area (Å²) in [7, 11) is 1.60. The number of alkyl halides is 3. The van der Waals surface area contributed by atoms with Crippen LogP contribution in [0.1, 0.15) is 0 Å². The van der Waals surface area contributed by atoms with Crippen molar-refractivity contribution < 1.29 is 22.6 Å². The number of hydrogen-bond acceptors (Lipinski definition) is 3. The second-order valence-electron chi connectivity index (χ2n) is 4.68. The Morgan fingerprint density at radius 1 is 1.00 bits per heavy atom. The van der Waals surface area contributed by atoms with Gasteiger partial charge in [-0.15, -0.1) is 24.5 Å². The smallest absolute Gasteiger partial charge is 0.497 e.